The molecule has 0 aliphatic rings. The monoisotopic (exact) mass is 397 g/mol. The van der Waals surface area contributed by atoms with Gasteiger partial charge in [-0.05, 0) is 36.8 Å². The van der Waals surface area contributed by atoms with Crippen molar-refractivity contribution in [3.8, 4) is 0 Å². The third-order valence-corrected chi connectivity index (χ3v) is 4.39. The number of fused-ring (bicyclic) bond motifs is 1. The minimum absolute atomic E-state index is 0.0878. The molecule has 3 rings (SSSR count). The van der Waals surface area contributed by atoms with Gasteiger partial charge in [-0.1, -0.05) is 17.7 Å². The molecule has 0 aliphatic carbocycles. The average molecular weight is 398 g/mol. The first-order chi connectivity index (χ1) is 12.7. The van der Waals surface area contributed by atoms with Crippen molar-refractivity contribution < 1.29 is 23.1 Å². The van der Waals surface area contributed by atoms with Gasteiger partial charge in [-0.3, -0.25) is 4.79 Å². The molecule has 0 fully saturated rings. The SMILES string of the molecule is Cc1ncc2ccc(C(=O)NC(CO)c3ccc(Cl)cc3C(F)(F)F)cn12. The maximum Gasteiger partial charge on any atom is 0.416 e. The fraction of sp³-hybridized carbons (Fsp3) is 0.222. The number of aryl methyl sites for hydroxylation is 1. The number of aromatic nitrogens is 2. The maximum atomic E-state index is 13.3. The molecule has 0 bridgehead atoms. The molecule has 2 N–H and O–H groups in total. The molecule has 2 heterocycles. The Bertz CT molecular complexity index is 1000. The zero-order chi connectivity index (χ0) is 19.8. The van der Waals surface area contributed by atoms with Crippen LogP contribution in [0.4, 0.5) is 13.2 Å². The molecular weight excluding hydrogens is 383 g/mol. The highest BCUT2D eigenvalue weighted by Crippen LogP contribution is 2.36. The van der Waals surface area contributed by atoms with Crippen molar-refractivity contribution in [1.82, 2.24) is 14.7 Å². The highest BCUT2D eigenvalue weighted by molar-refractivity contribution is 6.30. The Balaban J connectivity index is 1.92. The van der Waals surface area contributed by atoms with Crippen LogP contribution in [0.5, 0.6) is 0 Å². The van der Waals surface area contributed by atoms with Crippen LogP contribution < -0.4 is 5.32 Å². The van der Waals surface area contributed by atoms with Crippen LogP contribution in [0.2, 0.25) is 5.02 Å². The number of amides is 1. The number of hydrogen-bond donors (Lipinski definition) is 2. The first-order valence-corrected chi connectivity index (χ1v) is 8.30. The van der Waals surface area contributed by atoms with E-state index in [2.05, 4.69) is 10.3 Å². The molecule has 142 valence electrons. The lowest BCUT2D eigenvalue weighted by atomic mass is 10.00. The van der Waals surface area contributed by atoms with Gasteiger partial charge in [0, 0.05) is 11.2 Å². The second kappa shape index (κ2) is 7.21. The van der Waals surface area contributed by atoms with E-state index in [-0.39, 0.29) is 16.1 Å². The number of pyridine rings is 1. The Kier molecular flexibility index (Phi) is 5.12. The summed E-state index contributed by atoms with van der Waals surface area (Å²) in [5, 5.41) is 11.9. The fourth-order valence-electron chi connectivity index (χ4n) is 2.79. The lowest BCUT2D eigenvalue weighted by molar-refractivity contribution is -0.138. The summed E-state index contributed by atoms with van der Waals surface area (Å²) in [6.45, 7) is 1.05. The molecule has 0 saturated heterocycles. The van der Waals surface area contributed by atoms with Gasteiger partial charge in [-0.25, -0.2) is 4.98 Å². The highest BCUT2D eigenvalue weighted by atomic mass is 35.5. The second-order valence-corrected chi connectivity index (χ2v) is 6.39. The summed E-state index contributed by atoms with van der Waals surface area (Å²) in [6.07, 6.45) is -1.50. The summed E-state index contributed by atoms with van der Waals surface area (Å²) in [5.41, 5.74) is -0.262. The molecule has 5 nitrogen and oxygen atoms in total. The summed E-state index contributed by atoms with van der Waals surface area (Å²) in [4.78, 5) is 16.7. The van der Waals surface area contributed by atoms with Gasteiger partial charge in [0.15, 0.2) is 0 Å². The number of carbonyl (C=O) groups excluding carboxylic acids is 1. The largest absolute Gasteiger partial charge is 0.416 e. The number of carbonyl (C=O) groups is 1. The molecule has 0 aliphatic heterocycles. The van der Waals surface area contributed by atoms with E-state index < -0.39 is 30.3 Å². The average Bonchev–Trinajstić information content (AvgIpc) is 2.99. The van der Waals surface area contributed by atoms with Gasteiger partial charge in [0.25, 0.3) is 5.91 Å². The number of aliphatic hydroxyl groups excluding tert-OH is 1. The van der Waals surface area contributed by atoms with Crippen molar-refractivity contribution in [1.29, 1.82) is 0 Å². The van der Waals surface area contributed by atoms with Gasteiger partial charge >= 0.3 is 6.18 Å². The lowest BCUT2D eigenvalue weighted by Crippen LogP contribution is -2.32. The van der Waals surface area contributed by atoms with Gasteiger partial charge < -0.3 is 14.8 Å². The molecule has 1 amide bonds. The van der Waals surface area contributed by atoms with Crippen LogP contribution >= 0.6 is 11.6 Å². The van der Waals surface area contributed by atoms with E-state index in [4.69, 9.17) is 11.6 Å². The lowest BCUT2D eigenvalue weighted by Gasteiger charge is -2.21. The molecule has 2 aromatic heterocycles. The topological polar surface area (TPSA) is 66.6 Å². The van der Waals surface area contributed by atoms with E-state index in [9.17, 15) is 23.1 Å². The molecule has 1 atom stereocenters. The number of nitrogens with zero attached hydrogens (tertiary/aromatic N) is 2. The summed E-state index contributed by atoms with van der Waals surface area (Å²) < 4.78 is 41.6. The van der Waals surface area contributed by atoms with Crippen LogP contribution in [0.15, 0.2) is 42.7 Å². The normalized spacial score (nSPS) is 13.0. The van der Waals surface area contributed by atoms with Gasteiger partial charge in [-0.2, -0.15) is 13.2 Å². The Hall–Kier alpha value is -2.58. The van der Waals surface area contributed by atoms with Gasteiger partial charge in [0.05, 0.1) is 35.5 Å². The van der Waals surface area contributed by atoms with Gasteiger partial charge in [0.2, 0.25) is 0 Å². The third-order valence-electron chi connectivity index (χ3n) is 4.16. The summed E-state index contributed by atoms with van der Waals surface area (Å²) in [6, 6.07) is 5.16. The first kappa shape index (κ1) is 19.2. The van der Waals surface area contributed by atoms with E-state index in [1.807, 2.05) is 0 Å². The molecule has 0 spiro atoms. The van der Waals surface area contributed by atoms with Crippen molar-refractivity contribution in [2.75, 3.05) is 6.61 Å². The van der Waals surface area contributed by atoms with Crippen LogP contribution in [0.1, 0.15) is 33.4 Å². The maximum absolute atomic E-state index is 13.3. The predicted molar refractivity (Wildman–Crippen MR) is 93.7 cm³/mol. The van der Waals surface area contributed by atoms with Crippen LogP contribution in [0, 0.1) is 6.92 Å². The molecule has 9 heteroatoms. The standard InChI is InChI=1S/C18H15ClF3N3O2/c1-10-23-7-13-4-2-11(8-25(10)13)17(27)24-16(9-26)14-5-3-12(19)6-15(14)18(20,21)22/h2-8,16,26H,9H2,1H3,(H,24,27). The van der Waals surface area contributed by atoms with Crippen LogP contribution in [0.3, 0.4) is 0 Å². The molecule has 1 unspecified atom stereocenters. The number of imidazole rings is 1. The second-order valence-electron chi connectivity index (χ2n) is 5.96. The Morgan fingerprint density at radius 1 is 1.33 bits per heavy atom. The molecular formula is C18H15ClF3N3O2. The van der Waals surface area contributed by atoms with E-state index in [0.29, 0.717) is 5.82 Å². The molecule has 3 aromatic rings. The van der Waals surface area contributed by atoms with Crippen LogP contribution in [-0.4, -0.2) is 27.0 Å². The molecule has 0 radical (unpaired) electrons. The highest BCUT2D eigenvalue weighted by Gasteiger charge is 2.35. The summed E-state index contributed by atoms with van der Waals surface area (Å²) in [7, 11) is 0. The zero-order valence-corrected chi connectivity index (χ0v) is 14.8. The summed E-state index contributed by atoms with van der Waals surface area (Å²) >= 11 is 5.67. The quantitative estimate of drug-likeness (QED) is 0.704. The van der Waals surface area contributed by atoms with Gasteiger partial charge in [0.1, 0.15) is 5.82 Å². The van der Waals surface area contributed by atoms with Crippen LogP contribution in [-0.2, 0) is 6.18 Å². The van der Waals surface area contributed by atoms with Crippen molar-refractivity contribution in [2.24, 2.45) is 0 Å². The number of benzene rings is 1. The van der Waals surface area contributed by atoms with Gasteiger partial charge in [-0.15, -0.1) is 0 Å². The smallest absolute Gasteiger partial charge is 0.394 e. The molecule has 27 heavy (non-hydrogen) atoms. The Morgan fingerprint density at radius 2 is 2.07 bits per heavy atom. The minimum Gasteiger partial charge on any atom is -0.394 e. The number of nitrogens with one attached hydrogen (secondary N) is 1. The zero-order valence-electron chi connectivity index (χ0n) is 14.1. The Morgan fingerprint density at radius 3 is 2.74 bits per heavy atom. The van der Waals surface area contributed by atoms with Crippen molar-refractivity contribution in [3.63, 3.8) is 0 Å². The number of hydrogen-bond acceptors (Lipinski definition) is 3. The van der Waals surface area contributed by atoms with Crippen LogP contribution in [0.25, 0.3) is 5.52 Å². The predicted octanol–water partition coefficient (Wildman–Crippen LogP) is 3.78. The first-order valence-electron chi connectivity index (χ1n) is 7.93. The number of alkyl halides is 3. The third kappa shape index (κ3) is 3.91. The van der Waals surface area contributed by atoms with Crippen molar-refractivity contribution in [2.45, 2.75) is 19.1 Å². The number of rotatable bonds is 4. The fourth-order valence-corrected chi connectivity index (χ4v) is 2.97. The molecule has 1 aromatic carbocycles. The van der Waals surface area contributed by atoms with E-state index in [0.717, 1.165) is 17.6 Å². The van der Waals surface area contributed by atoms with E-state index in [1.165, 1.54) is 18.3 Å². The summed E-state index contributed by atoms with van der Waals surface area (Å²) in [5.74, 6) is 0.0440. The van der Waals surface area contributed by atoms with E-state index >= 15 is 0 Å². The molecule has 0 saturated carbocycles. The van der Waals surface area contributed by atoms with E-state index in [1.54, 1.807) is 23.6 Å². The van der Waals surface area contributed by atoms with Crippen molar-refractivity contribution in [3.05, 3.63) is 70.3 Å². The Labute approximate surface area is 157 Å². The van der Waals surface area contributed by atoms with Crippen molar-refractivity contribution >= 4 is 23.0 Å². The minimum atomic E-state index is -4.68. The number of aliphatic hydroxyl groups is 1. The number of halogens is 4.